The van der Waals surface area contributed by atoms with E-state index in [4.69, 9.17) is 11.6 Å². The number of nitrogens with one attached hydrogen (secondary N) is 1. The van der Waals surface area contributed by atoms with Gasteiger partial charge in [-0.15, -0.1) is 0 Å². The van der Waals surface area contributed by atoms with Crippen molar-refractivity contribution in [3.05, 3.63) is 34.6 Å². The summed E-state index contributed by atoms with van der Waals surface area (Å²) >= 11 is 5.91. The van der Waals surface area contributed by atoms with Gasteiger partial charge >= 0.3 is 0 Å². The van der Waals surface area contributed by atoms with E-state index in [1.54, 1.807) is 6.07 Å². The minimum Gasteiger partial charge on any atom is -0.308 e. The van der Waals surface area contributed by atoms with Crippen LogP contribution in [0.4, 0.5) is 4.39 Å². The van der Waals surface area contributed by atoms with E-state index in [9.17, 15) is 4.39 Å². The molecule has 0 spiro atoms. The fourth-order valence-corrected chi connectivity index (χ4v) is 3.43. The topological polar surface area (TPSA) is 15.3 Å². The summed E-state index contributed by atoms with van der Waals surface area (Å²) in [6.07, 6.45) is 3.25. The van der Waals surface area contributed by atoms with Gasteiger partial charge in [0.15, 0.2) is 0 Å². The van der Waals surface area contributed by atoms with Gasteiger partial charge in [0.2, 0.25) is 0 Å². The summed E-state index contributed by atoms with van der Waals surface area (Å²) in [6.45, 7) is 9.21. The van der Waals surface area contributed by atoms with Gasteiger partial charge in [0, 0.05) is 36.8 Å². The normalized spacial score (nSPS) is 22.4. The first-order valence-corrected chi connectivity index (χ1v) is 8.35. The third-order valence-electron chi connectivity index (χ3n) is 4.96. The molecule has 1 aliphatic heterocycles. The third kappa shape index (κ3) is 3.58. The highest BCUT2D eigenvalue weighted by Crippen LogP contribution is 2.27. The number of benzene rings is 1. The number of nitrogens with zero attached hydrogens (tertiary/aromatic N) is 1. The second-order valence-corrected chi connectivity index (χ2v) is 6.46. The zero-order valence-electron chi connectivity index (χ0n) is 13.3. The molecule has 2 rings (SSSR count). The minimum absolute atomic E-state index is 0.153. The van der Waals surface area contributed by atoms with E-state index in [-0.39, 0.29) is 16.4 Å². The Morgan fingerprint density at radius 2 is 2.05 bits per heavy atom. The van der Waals surface area contributed by atoms with Gasteiger partial charge in [0.25, 0.3) is 0 Å². The molecule has 118 valence electrons. The van der Waals surface area contributed by atoms with Gasteiger partial charge in [-0.05, 0) is 25.3 Å². The Labute approximate surface area is 132 Å². The van der Waals surface area contributed by atoms with E-state index in [0.717, 1.165) is 32.4 Å². The molecule has 0 aromatic heterocycles. The van der Waals surface area contributed by atoms with Gasteiger partial charge in [-0.25, -0.2) is 4.39 Å². The van der Waals surface area contributed by atoms with E-state index in [2.05, 4.69) is 31.0 Å². The Kier molecular flexibility index (Phi) is 5.64. The van der Waals surface area contributed by atoms with Crippen molar-refractivity contribution in [2.75, 3.05) is 13.1 Å². The van der Waals surface area contributed by atoms with Crippen LogP contribution in [0.25, 0.3) is 0 Å². The lowest BCUT2D eigenvalue weighted by molar-refractivity contribution is 0.0635. The molecule has 1 saturated heterocycles. The van der Waals surface area contributed by atoms with Crippen LogP contribution in [-0.2, 0) is 6.54 Å². The van der Waals surface area contributed by atoms with Crippen LogP contribution in [0.5, 0.6) is 0 Å². The molecule has 1 unspecified atom stereocenters. The maximum absolute atomic E-state index is 14.2. The first kappa shape index (κ1) is 16.7. The lowest BCUT2D eigenvalue weighted by atomic mass is 9.88. The van der Waals surface area contributed by atoms with Gasteiger partial charge in [0.1, 0.15) is 5.82 Å². The Bertz CT molecular complexity index is 474. The number of piperazine rings is 1. The Hall–Kier alpha value is -0.640. The molecule has 2 nitrogen and oxygen atoms in total. The summed E-state index contributed by atoms with van der Waals surface area (Å²) in [7, 11) is 0. The molecular weight excluding hydrogens is 287 g/mol. The van der Waals surface area contributed by atoms with E-state index in [1.165, 1.54) is 0 Å². The first-order valence-electron chi connectivity index (χ1n) is 7.97. The summed E-state index contributed by atoms with van der Waals surface area (Å²) in [4.78, 5) is 2.41. The average molecular weight is 313 g/mol. The molecule has 1 heterocycles. The predicted octanol–water partition coefficient (Wildman–Crippen LogP) is 4.22. The Balaban J connectivity index is 2.20. The molecule has 1 aliphatic rings. The maximum atomic E-state index is 14.2. The van der Waals surface area contributed by atoms with Crippen LogP contribution in [0, 0.1) is 5.82 Å². The van der Waals surface area contributed by atoms with Crippen molar-refractivity contribution < 1.29 is 4.39 Å². The SMILES string of the molecule is CCC1CNC(CC)(CC)CN1Cc1cccc(Cl)c1F. The smallest absolute Gasteiger partial charge is 0.146 e. The highest BCUT2D eigenvalue weighted by atomic mass is 35.5. The summed E-state index contributed by atoms with van der Waals surface area (Å²) in [5.74, 6) is -0.272. The Morgan fingerprint density at radius 3 is 2.67 bits per heavy atom. The first-order chi connectivity index (χ1) is 10.0. The minimum atomic E-state index is -0.272. The van der Waals surface area contributed by atoms with Crippen molar-refractivity contribution in [3.63, 3.8) is 0 Å². The number of halogens is 2. The molecule has 0 radical (unpaired) electrons. The van der Waals surface area contributed by atoms with Crippen molar-refractivity contribution in [1.29, 1.82) is 0 Å². The molecular formula is C17H26ClFN2. The molecule has 1 atom stereocenters. The molecule has 0 bridgehead atoms. The van der Waals surface area contributed by atoms with Crippen LogP contribution < -0.4 is 5.32 Å². The molecule has 0 amide bonds. The van der Waals surface area contributed by atoms with Crippen molar-refractivity contribution in [1.82, 2.24) is 10.2 Å². The Morgan fingerprint density at radius 1 is 1.33 bits per heavy atom. The predicted molar refractivity (Wildman–Crippen MR) is 87.2 cm³/mol. The van der Waals surface area contributed by atoms with Crippen LogP contribution >= 0.6 is 11.6 Å². The lowest BCUT2D eigenvalue weighted by Crippen LogP contribution is -2.63. The van der Waals surface area contributed by atoms with Crippen molar-refractivity contribution in [3.8, 4) is 0 Å². The van der Waals surface area contributed by atoms with E-state index >= 15 is 0 Å². The fraction of sp³-hybridized carbons (Fsp3) is 0.647. The second kappa shape index (κ2) is 7.08. The van der Waals surface area contributed by atoms with Gasteiger partial charge < -0.3 is 5.32 Å². The van der Waals surface area contributed by atoms with Crippen LogP contribution in [0.1, 0.15) is 45.6 Å². The summed E-state index contributed by atoms with van der Waals surface area (Å²) < 4.78 is 14.2. The number of rotatable bonds is 5. The fourth-order valence-electron chi connectivity index (χ4n) is 3.24. The molecule has 0 aliphatic carbocycles. The zero-order valence-corrected chi connectivity index (χ0v) is 14.0. The maximum Gasteiger partial charge on any atom is 0.146 e. The lowest BCUT2D eigenvalue weighted by Gasteiger charge is -2.47. The highest BCUT2D eigenvalue weighted by molar-refractivity contribution is 6.30. The molecule has 1 aromatic carbocycles. The van der Waals surface area contributed by atoms with Crippen LogP contribution in [0.3, 0.4) is 0 Å². The third-order valence-corrected chi connectivity index (χ3v) is 5.26. The van der Waals surface area contributed by atoms with E-state index in [1.807, 2.05) is 12.1 Å². The van der Waals surface area contributed by atoms with Crippen LogP contribution in [0.15, 0.2) is 18.2 Å². The summed E-state index contributed by atoms with van der Waals surface area (Å²) in [5, 5.41) is 3.93. The van der Waals surface area contributed by atoms with Gasteiger partial charge in [-0.1, -0.05) is 44.5 Å². The number of hydrogen-bond donors (Lipinski definition) is 1. The van der Waals surface area contributed by atoms with Crippen LogP contribution in [-0.4, -0.2) is 29.6 Å². The van der Waals surface area contributed by atoms with E-state index in [0.29, 0.717) is 18.2 Å². The standard InChI is InChI=1S/C17H26ClFN2/c1-4-14-10-20-17(5-2,6-3)12-21(14)11-13-8-7-9-15(18)16(13)19/h7-9,14,20H,4-6,10-12H2,1-3H3. The molecule has 1 aromatic rings. The zero-order chi connectivity index (χ0) is 15.5. The molecule has 21 heavy (non-hydrogen) atoms. The molecule has 1 N–H and O–H groups in total. The van der Waals surface area contributed by atoms with Crippen molar-refractivity contribution in [2.45, 2.75) is 58.2 Å². The second-order valence-electron chi connectivity index (χ2n) is 6.05. The quantitative estimate of drug-likeness (QED) is 0.875. The average Bonchev–Trinajstić information content (AvgIpc) is 2.51. The molecule has 1 fully saturated rings. The van der Waals surface area contributed by atoms with Crippen molar-refractivity contribution in [2.24, 2.45) is 0 Å². The molecule has 4 heteroatoms. The van der Waals surface area contributed by atoms with Gasteiger partial charge in [0.05, 0.1) is 5.02 Å². The summed E-state index contributed by atoms with van der Waals surface area (Å²) in [6, 6.07) is 5.74. The van der Waals surface area contributed by atoms with Gasteiger partial charge in [-0.2, -0.15) is 0 Å². The number of hydrogen-bond acceptors (Lipinski definition) is 2. The summed E-state index contributed by atoms with van der Waals surface area (Å²) in [5.41, 5.74) is 0.852. The van der Waals surface area contributed by atoms with Crippen molar-refractivity contribution >= 4 is 11.6 Å². The highest BCUT2D eigenvalue weighted by Gasteiger charge is 2.36. The monoisotopic (exact) mass is 312 g/mol. The van der Waals surface area contributed by atoms with Gasteiger partial charge in [-0.3, -0.25) is 4.90 Å². The van der Waals surface area contributed by atoms with E-state index < -0.39 is 0 Å². The van der Waals surface area contributed by atoms with Crippen LogP contribution in [0.2, 0.25) is 5.02 Å². The molecule has 0 saturated carbocycles. The largest absolute Gasteiger partial charge is 0.308 e.